The Labute approximate surface area is 401 Å². The fourth-order valence-corrected chi connectivity index (χ4v) is 10.7. The van der Waals surface area contributed by atoms with Gasteiger partial charge in [-0.3, -0.25) is 29.1 Å². The number of ketones is 1. The summed E-state index contributed by atoms with van der Waals surface area (Å²) in [4.78, 5) is 63.6. The molecule has 3 aromatic rings. The zero-order valence-corrected chi connectivity index (χ0v) is 41.2. The van der Waals surface area contributed by atoms with Crippen molar-refractivity contribution in [3.8, 4) is 11.8 Å². The zero-order chi connectivity index (χ0) is 48.3. The molecular weight excluding hydrogens is 868 g/mol. The maximum absolute atomic E-state index is 14.1. The van der Waals surface area contributed by atoms with Gasteiger partial charge in [-0.1, -0.05) is 90.8 Å². The molecule has 3 N–H and O–H groups in total. The van der Waals surface area contributed by atoms with E-state index in [4.69, 9.17) is 21.1 Å². The minimum absolute atomic E-state index is 0.0196. The number of piperazine rings is 1. The molecule has 3 atom stereocenters. The van der Waals surface area contributed by atoms with Crippen molar-refractivity contribution in [3.05, 3.63) is 88.1 Å². The average molecular weight is 938 g/mol. The number of aromatic nitrogens is 1. The number of nitriles is 1. The summed E-state index contributed by atoms with van der Waals surface area (Å²) in [6, 6.07) is 18.4. The lowest BCUT2D eigenvalue weighted by molar-refractivity contribution is -0.164. The van der Waals surface area contributed by atoms with Crippen LogP contribution in [0.25, 0.3) is 0 Å². The molecule has 0 bridgehead atoms. The van der Waals surface area contributed by atoms with E-state index in [2.05, 4.69) is 88.9 Å². The molecule has 67 heavy (non-hydrogen) atoms. The quantitative estimate of drug-likeness (QED) is 0.119. The Bertz CT molecular complexity index is 2280. The molecule has 4 aliphatic rings. The molecule has 7 rings (SSSR count). The Morgan fingerprint density at radius 2 is 1.69 bits per heavy atom. The highest BCUT2D eigenvalue weighted by atomic mass is 35.5. The maximum atomic E-state index is 14.1. The number of anilines is 1. The smallest absolute Gasteiger partial charge is 0.253 e. The molecule has 360 valence electrons. The number of benzene rings is 2. The van der Waals surface area contributed by atoms with Crippen LogP contribution in [-0.4, -0.2) is 109 Å². The van der Waals surface area contributed by atoms with Crippen molar-refractivity contribution in [1.29, 1.82) is 5.26 Å². The van der Waals surface area contributed by atoms with Gasteiger partial charge in [0, 0.05) is 80.9 Å². The summed E-state index contributed by atoms with van der Waals surface area (Å²) in [6.07, 6.45) is 5.69. The van der Waals surface area contributed by atoms with E-state index in [9.17, 15) is 24.4 Å². The number of carbonyl (C=O) groups is 4. The van der Waals surface area contributed by atoms with Crippen LogP contribution in [0.2, 0.25) is 5.02 Å². The number of hydrazine groups is 1. The molecule has 1 aromatic heterocycles. The third-order valence-corrected chi connectivity index (χ3v) is 14.9. The second kappa shape index (κ2) is 20.7. The molecule has 2 aliphatic heterocycles. The molecule has 0 unspecified atom stereocenters. The number of hydrogen-bond acceptors (Lipinski definition) is 11. The first-order valence-electron chi connectivity index (χ1n) is 23.9. The van der Waals surface area contributed by atoms with E-state index in [1.807, 2.05) is 39.8 Å². The third-order valence-electron chi connectivity index (χ3n) is 14.5. The van der Waals surface area contributed by atoms with Crippen molar-refractivity contribution in [2.45, 2.75) is 124 Å². The summed E-state index contributed by atoms with van der Waals surface area (Å²) in [5, 5.41) is 17.3. The summed E-state index contributed by atoms with van der Waals surface area (Å²) in [7, 11) is 0. The van der Waals surface area contributed by atoms with Crippen LogP contribution in [-0.2, 0) is 25.7 Å². The first-order valence-corrected chi connectivity index (χ1v) is 24.3. The number of nitrogens with one attached hydrogen (secondary N) is 3. The molecule has 2 saturated heterocycles. The molecule has 14 nitrogen and oxygen atoms in total. The number of hydrogen-bond donors (Lipinski definition) is 3. The number of Topliss-reactive ketones (excluding diaryl/α,β-unsaturated/α-hetero) is 1. The monoisotopic (exact) mass is 937 g/mol. The molecule has 3 amide bonds. The van der Waals surface area contributed by atoms with Crippen LogP contribution in [0.4, 0.5) is 5.82 Å². The highest BCUT2D eigenvalue weighted by molar-refractivity contribution is 6.31. The highest BCUT2D eigenvalue weighted by Gasteiger charge is 2.64. The molecule has 0 spiro atoms. The van der Waals surface area contributed by atoms with E-state index in [0.29, 0.717) is 53.9 Å². The second-order valence-electron chi connectivity index (χ2n) is 21.3. The minimum atomic E-state index is -0.673. The lowest BCUT2D eigenvalue weighted by atomic mass is 9.49. The van der Waals surface area contributed by atoms with Gasteiger partial charge in [-0.15, -0.1) is 0 Å². The van der Waals surface area contributed by atoms with Crippen molar-refractivity contribution < 1.29 is 28.7 Å². The van der Waals surface area contributed by atoms with Gasteiger partial charge in [0.1, 0.15) is 36.4 Å². The number of halogens is 1. The van der Waals surface area contributed by atoms with Gasteiger partial charge in [0.25, 0.3) is 5.91 Å². The summed E-state index contributed by atoms with van der Waals surface area (Å²) in [5.41, 5.74) is 5.16. The van der Waals surface area contributed by atoms with Crippen molar-refractivity contribution in [3.63, 3.8) is 0 Å². The van der Waals surface area contributed by atoms with E-state index in [-0.39, 0.29) is 65.6 Å². The standard InChI is InChI=1S/C52H69ClN8O6/c1-33-26-43(46(64)56-30-34-12-14-36(15-13-34)35-10-9-11-35)61(58-33)47(65)41(50(2,3)4)27-39(62)32-66-25-24-59-20-22-60(23-21-59)44-19-17-38(31-55-44)45(63)57-48-51(5,6)49(52(48,7)8)67-40-18-16-37(29-54)42(53)28-40/h12-19,28,31,33,35,41,43,48-49,58H,9-11,20-27,30,32H2,1-8H3,(H,56,64)(H,57,63)/t33-,41-,43+,48?,49?/m1/s1. The van der Waals surface area contributed by atoms with Gasteiger partial charge in [0.15, 0.2) is 5.78 Å². The highest BCUT2D eigenvalue weighted by Crippen LogP contribution is 2.55. The van der Waals surface area contributed by atoms with Gasteiger partial charge in [0.2, 0.25) is 11.8 Å². The zero-order valence-electron chi connectivity index (χ0n) is 40.5. The van der Waals surface area contributed by atoms with E-state index in [1.54, 1.807) is 24.4 Å². The fraction of sp³-hybridized carbons (Fsp3) is 0.577. The van der Waals surface area contributed by atoms with Crippen molar-refractivity contribution in [2.75, 3.05) is 50.8 Å². The normalized spacial score (nSPS) is 23.0. The molecule has 3 heterocycles. The summed E-state index contributed by atoms with van der Waals surface area (Å²) < 4.78 is 12.2. The van der Waals surface area contributed by atoms with Gasteiger partial charge in [0.05, 0.1) is 28.7 Å². The van der Waals surface area contributed by atoms with E-state index in [1.165, 1.54) is 29.8 Å². The first-order chi connectivity index (χ1) is 31.8. The van der Waals surface area contributed by atoms with Gasteiger partial charge in [-0.05, 0) is 72.9 Å². The number of nitrogens with zero attached hydrogens (tertiary/aromatic N) is 5. The SMILES string of the molecule is C[C@@H]1C[C@@H](C(=O)NCc2ccc(C3CCC3)cc2)N(C(=O)[C@@H](CC(=O)COCCN2CCN(c3ccc(C(=O)NC4C(C)(C)C(Oc5ccc(C#N)c(Cl)c5)C4(C)C)cn3)CC2)C(C)(C)C)N1. The van der Waals surface area contributed by atoms with Crippen LogP contribution in [0.5, 0.6) is 5.75 Å². The van der Waals surface area contributed by atoms with Crippen LogP contribution < -0.4 is 25.7 Å². The number of amides is 3. The van der Waals surface area contributed by atoms with Crippen molar-refractivity contribution in [1.82, 2.24) is 31.0 Å². The molecule has 2 saturated carbocycles. The van der Waals surface area contributed by atoms with Crippen LogP contribution in [0, 0.1) is 33.5 Å². The molecule has 2 aromatic carbocycles. The summed E-state index contributed by atoms with van der Waals surface area (Å²) >= 11 is 6.26. The van der Waals surface area contributed by atoms with Gasteiger partial charge in [-0.2, -0.15) is 5.26 Å². The minimum Gasteiger partial charge on any atom is -0.489 e. The van der Waals surface area contributed by atoms with Crippen LogP contribution >= 0.6 is 11.6 Å². The predicted molar refractivity (Wildman–Crippen MR) is 258 cm³/mol. The number of rotatable bonds is 17. The lowest BCUT2D eigenvalue weighted by Gasteiger charge is -2.63. The molecule has 0 radical (unpaired) electrons. The van der Waals surface area contributed by atoms with Crippen molar-refractivity contribution >= 4 is 40.9 Å². The maximum Gasteiger partial charge on any atom is 0.253 e. The number of ether oxygens (including phenoxy) is 2. The third kappa shape index (κ3) is 11.5. The van der Waals surface area contributed by atoms with Crippen LogP contribution in [0.15, 0.2) is 60.8 Å². The fourth-order valence-electron chi connectivity index (χ4n) is 10.5. The Balaban J connectivity index is 0.819. The Morgan fingerprint density at radius 1 is 0.985 bits per heavy atom. The Morgan fingerprint density at radius 3 is 2.28 bits per heavy atom. The van der Waals surface area contributed by atoms with Crippen LogP contribution in [0.1, 0.15) is 120 Å². The molecule has 2 aliphatic carbocycles. The van der Waals surface area contributed by atoms with E-state index >= 15 is 0 Å². The lowest BCUT2D eigenvalue weighted by Crippen LogP contribution is -2.74. The molecule has 15 heteroatoms. The largest absolute Gasteiger partial charge is 0.489 e. The Kier molecular flexibility index (Phi) is 15.4. The van der Waals surface area contributed by atoms with Crippen molar-refractivity contribution in [2.24, 2.45) is 22.2 Å². The van der Waals surface area contributed by atoms with E-state index < -0.39 is 17.4 Å². The summed E-state index contributed by atoms with van der Waals surface area (Å²) in [6.45, 7) is 20.5. The number of carbonyl (C=O) groups excluding carboxylic acids is 4. The summed E-state index contributed by atoms with van der Waals surface area (Å²) in [5.74, 6) is 0.584. The first kappa shape index (κ1) is 49.8. The average Bonchev–Trinajstić information content (AvgIpc) is 3.68. The predicted octanol–water partition coefficient (Wildman–Crippen LogP) is 7.06. The second-order valence-corrected chi connectivity index (χ2v) is 21.7. The topological polar surface area (TPSA) is 169 Å². The van der Waals surface area contributed by atoms with Gasteiger partial charge < -0.3 is 25.0 Å². The number of pyridine rings is 1. The van der Waals surface area contributed by atoms with Gasteiger partial charge >= 0.3 is 0 Å². The molecule has 4 fully saturated rings. The van der Waals surface area contributed by atoms with Crippen LogP contribution in [0.3, 0.4) is 0 Å². The Hall–Kier alpha value is -5.07. The van der Waals surface area contributed by atoms with E-state index in [0.717, 1.165) is 37.6 Å². The molecular formula is C52H69ClN8O6. The van der Waals surface area contributed by atoms with Gasteiger partial charge in [-0.25, -0.2) is 10.4 Å².